The first-order chi connectivity index (χ1) is 13.3. The third-order valence-corrected chi connectivity index (χ3v) is 5.46. The van der Waals surface area contributed by atoms with E-state index in [1.54, 1.807) is 20.8 Å². The van der Waals surface area contributed by atoms with Crippen molar-refractivity contribution in [2.75, 3.05) is 5.32 Å². The average Bonchev–Trinajstić information content (AvgIpc) is 3.26. The summed E-state index contributed by atoms with van der Waals surface area (Å²) < 4.78 is 32.4. The Kier molecular flexibility index (Phi) is 5.93. The summed E-state index contributed by atoms with van der Waals surface area (Å²) in [4.78, 5) is 35.4. The van der Waals surface area contributed by atoms with Crippen LogP contribution in [0.2, 0.25) is 0 Å². The van der Waals surface area contributed by atoms with Crippen molar-refractivity contribution in [3.8, 4) is 0 Å². The van der Waals surface area contributed by atoms with Crippen LogP contribution in [-0.2, 0) is 19.6 Å². The van der Waals surface area contributed by atoms with Crippen molar-refractivity contribution < 1.29 is 32.6 Å². The zero-order valence-electron chi connectivity index (χ0n) is 16.2. The fourth-order valence-electron chi connectivity index (χ4n) is 2.71. The normalized spacial score (nSPS) is 20.9. The maximum absolute atomic E-state index is 12.8. The molecule has 1 fully saturated rings. The minimum absolute atomic E-state index is 0.145. The van der Waals surface area contributed by atoms with Gasteiger partial charge in [0.15, 0.2) is 0 Å². The number of rotatable bonds is 6. The SMILES string of the molecule is C=C[C@@H]1C[C@]1(NC(=O)OC(C)(C)C)C(=O)NS(=O)(=O)c1ccccc1NC(=O)O. The standard InChI is InChI=1S/C18H23N3O7S/c1-5-11-10-18(11,20-16(25)28-17(2,3)4)14(22)21-29(26,27)13-9-7-6-8-12(13)19-15(23)24/h5-9,11,19H,1,10H2,2-4H3,(H,20,25)(H,21,22)(H,23,24)/t11-,18-/m1/s1. The Hall–Kier alpha value is -3.08. The van der Waals surface area contributed by atoms with Gasteiger partial charge in [0.2, 0.25) is 0 Å². The fourth-order valence-corrected chi connectivity index (χ4v) is 3.91. The summed E-state index contributed by atoms with van der Waals surface area (Å²) in [5.74, 6) is -1.46. The number of anilines is 1. The van der Waals surface area contributed by atoms with E-state index in [9.17, 15) is 22.8 Å². The van der Waals surface area contributed by atoms with Crippen molar-refractivity contribution in [3.63, 3.8) is 0 Å². The Balaban J connectivity index is 2.26. The first-order valence-electron chi connectivity index (χ1n) is 8.61. The van der Waals surface area contributed by atoms with Crippen LogP contribution in [0.25, 0.3) is 0 Å². The van der Waals surface area contributed by atoms with Crippen LogP contribution in [0.3, 0.4) is 0 Å². The van der Waals surface area contributed by atoms with Gasteiger partial charge in [0, 0.05) is 5.92 Å². The van der Waals surface area contributed by atoms with Gasteiger partial charge in [0.1, 0.15) is 16.0 Å². The second-order valence-corrected chi connectivity index (χ2v) is 9.16. The van der Waals surface area contributed by atoms with E-state index in [-0.39, 0.29) is 12.1 Å². The molecule has 1 aromatic carbocycles. The highest BCUT2D eigenvalue weighted by atomic mass is 32.2. The first kappa shape index (κ1) is 22.2. The second kappa shape index (κ2) is 7.74. The summed E-state index contributed by atoms with van der Waals surface area (Å²) in [6, 6.07) is 5.20. The monoisotopic (exact) mass is 425 g/mol. The maximum atomic E-state index is 12.8. The summed E-state index contributed by atoms with van der Waals surface area (Å²) in [5, 5.41) is 13.3. The van der Waals surface area contributed by atoms with Crippen molar-refractivity contribution in [1.29, 1.82) is 0 Å². The number of carboxylic acid groups (broad SMARTS) is 1. The number of nitrogens with one attached hydrogen (secondary N) is 3. The van der Waals surface area contributed by atoms with E-state index in [0.717, 1.165) is 6.07 Å². The van der Waals surface area contributed by atoms with Gasteiger partial charge >= 0.3 is 12.2 Å². The summed E-state index contributed by atoms with van der Waals surface area (Å²) in [6.45, 7) is 8.53. The van der Waals surface area contributed by atoms with E-state index in [1.807, 2.05) is 10.0 Å². The lowest BCUT2D eigenvalue weighted by Crippen LogP contribution is -2.52. The summed E-state index contributed by atoms with van der Waals surface area (Å²) >= 11 is 0. The summed E-state index contributed by atoms with van der Waals surface area (Å²) in [6.07, 6.45) is -0.756. The van der Waals surface area contributed by atoms with Gasteiger partial charge < -0.3 is 15.2 Å². The molecule has 0 heterocycles. The molecule has 10 nitrogen and oxygen atoms in total. The average molecular weight is 425 g/mol. The van der Waals surface area contributed by atoms with Crippen LogP contribution >= 0.6 is 0 Å². The minimum atomic E-state index is -4.43. The molecule has 0 bridgehead atoms. The van der Waals surface area contributed by atoms with Crippen molar-refractivity contribution in [2.45, 2.75) is 43.2 Å². The zero-order chi connectivity index (χ0) is 22.0. The van der Waals surface area contributed by atoms with Crippen LogP contribution in [0, 0.1) is 5.92 Å². The molecule has 0 saturated heterocycles. The van der Waals surface area contributed by atoms with Gasteiger partial charge in [-0.25, -0.2) is 22.7 Å². The van der Waals surface area contributed by atoms with E-state index >= 15 is 0 Å². The van der Waals surface area contributed by atoms with Gasteiger partial charge in [-0.2, -0.15) is 0 Å². The van der Waals surface area contributed by atoms with Crippen molar-refractivity contribution in [3.05, 3.63) is 36.9 Å². The topological polar surface area (TPSA) is 151 Å². The van der Waals surface area contributed by atoms with E-state index in [4.69, 9.17) is 9.84 Å². The van der Waals surface area contributed by atoms with E-state index < -0.39 is 50.1 Å². The number of carbonyl (C=O) groups excluding carboxylic acids is 2. The Bertz CT molecular complexity index is 952. The molecule has 2 atom stereocenters. The summed E-state index contributed by atoms with van der Waals surface area (Å²) in [5.41, 5.74) is -2.55. The van der Waals surface area contributed by atoms with Gasteiger partial charge in [0.25, 0.3) is 15.9 Å². The molecule has 2 rings (SSSR count). The molecule has 3 amide bonds. The van der Waals surface area contributed by atoms with Crippen LogP contribution in [0.15, 0.2) is 41.8 Å². The maximum Gasteiger partial charge on any atom is 0.409 e. The lowest BCUT2D eigenvalue weighted by Gasteiger charge is -2.23. The fraction of sp³-hybridized carbons (Fsp3) is 0.389. The number of para-hydroxylation sites is 1. The number of amides is 3. The molecule has 1 aliphatic rings. The Labute approximate surface area is 168 Å². The predicted molar refractivity (Wildman–Crippen MR) is 104 cm³/mol. The molecule has 1 saturated carbocycles. The zero-order valence-corrected chi connectivity index (χ0v) is 17.0. The minimum Gasteiger partial charge on any atom is -0.465 e. The molecule has 1 aromatic rings. The molecular weight excluding hydrogens is 402 g/mol. The van der Waals surface area contributed by atoms with Crippen LogP contribution in [0.1, 0.15) is 27.2 Å². The van der Waals surface area contributed by atoms with Crippen molar-refractivity contribution in [2.24, 2.45) is 5.92 Å². The lowest BCUT2D eigenvalue weighted by atomic mass is 10.2. The van der Waals surface area contributed by atoms with Crippen LogP contribution in [-0.4, -0.2) is 42.8 Å². The quantitative estimate of drug-likeness (QED) is 0.509. The van der Waals surface area contributed by atoms with Crippen LogP contribution in [0.4, 0.5) is 15.3 Å². The molecular formula is C18H23N3O7S. The molecule has 0 unspecified atom stereocenters. The Morgan fingerprint density at radius 3 is 2.41 bits per heavy atom. The summed E-state index contributed by atoms with van der Waals surface area (Å²) in [7, 11) is -4.43. The van der Waals surface area contributed by atoms with Crippen LogP contribution in [0.5, 0.6) is 0 Å². The van der Waals surface area contributed by atoms with Gasteiger partial charge in [-0.1, -0.05) is 18.2 Å². The largest absolute Gasteiger partial charge is 0.465 e. The number of alkyl carbamates (subject to hydrolysis) is 1. The molecule has 158 valence electrons. The van der Waals surface area contributed by atoms with Gasteiger partial charge in [0.05, 0.1) is 5.69 Å². The van der Waals surface area contributed by atoms with E-state index in [2.05, 4.69) is 11.9 Å². The highest BCUT2D eigenvalue weighted by Gasteiger charge is 2.61. The molecule has 0 aromatic heterocycles. The molecule has 0 radical (unpaired) electrons. The van der Waals surface area contributed by atoms with Crippen LogP contribution < -0.4 is 15.4 Å². The number of hydrogen-bond donors (Lipinski definition) is 4. The molecule has 0 aliphatic heterocycles. The number of ether oxygens (including phenoxy) is 1. The van der Waals surface area contributed by atoms with E-state index in [0.29, 0.717) is 0 Å². The van der Waals surface area contributed by atoms with Gasteiger partial charge in [-0.3, -0.25) is 10.1 Å². The highest BCUT2D eigenvalue weighted by molar-refractivity contribution is 7.90. The molecule has 4 N–H and O–H groups in total. The number of benzene rings is 1. The highest BCUT2D eigenvalue weighted by Crippen LogP contribution is 2.45. The number of sulfonamides is 1. The second-order valence-electron chi connectivity index (χ2n) is 7.51. The smallest absolute Gasteiger partial charge is 0.409 e. The lowest BCUT2D eigenvalue weighted by molar-refractivity contribution is -0.122. The van der Waals surface area contributed by atoms with Gasteiger partial charge in [-0.15, -0.1) is 6.58 Å². The van der Waals surface area contributed by atoms with Gasteiger partial charge in [-0.05, 0) is 39.3 Å². The number of hydrogen-bond acceptors (Lipinski definition) is 6. The third-order valence-electron chi connectivity index (χ3n) is 4.07. The first-order valence-corrected chi connectivity index (χ1v) is 10.1. The molecule has 11 heteroatoms. The van der Waals surface area contributed by atoms with E-state index in [1.165, 1.54) is 24.3 Å². The Morgan fingerprint density at radius 1 is 1.28 bits per heavy atom. The molecule has 0 spiro atoms. The van der Waals surface area contributed by atoms with Crippen molar-refractivity contribution >= 4 is 33.8 Å². The van der Waals surface area contributed by atoms with Crippen molar-refractivity contribution in [1.82, 2.24) is 10.0 Å². The Morgan fingerprint density at radius 2 is 1.90 bits per heavy atom. The number of carbonyl (C=O) groups is 3. The molecule has 29 heavy (non-hydrogen) atoms. The third kappa shape index (κ3) is 5.25. The molecule has 1 aliphatic carbocycles. The predicted octanol–water partition coefficient (Wildman–Crippen LogP) is 2.05.